The highest BCUT2D eigenvalue weighted by molar-refractivity contribution is 5.53. The molecule has 0 radical (unpaired) electrons. The van der Waals surface area contributed by atoms with E-state index in [1.54, 1.807) is 0 Å². The van der Waals surface area contributed by atoms with E-state index in [0.29, 0.717) is 0 Å². The number of anilines is 1. The average Bonchev–Trinajstić information content (AvgIpc) is 2.24. The normalized spacial score (nSPS) is 12.0. The standard InChI is InChI=1S/C13H18F4N2/c1-9(2)18-7-10-11(14)5-4-6-12(10)19(3)8-13(15,16)17/h4-6,9,18H,7-8H2,1-3H3. The minimum absolute atomic E-state index is 0.125. The molecule has 0 aromatic heterocycles. The Morgan fingerprint density at radius 2 is 1.89 bits per heavy atom. The largest absolute Gasteiger partial charge is 0.405 e. The molecule has 0 amide bonds. The summed E-state index contributed by atoms with van der Waals surface area (Å²) in [5, 5.41) is 3.01. The van der Waals surface area contributed by atoms with Gasteiger partial charge >= 0.3 is 6.18 Å². The van der Waals surface area contributed by atoms with Crippen LogP contribution in [0.25, 0.3) is 0 Å². The summed E-state index contributed by atoms with van der Waals surface area (Å²) in [5.41, 5.74) is 0.508. The minimum atomic E-state index is -4.32. The van der Waals surface area contributed by atoms with Gasteiger partial charge in [-0.1, -0.05) is 19.9 Å². The molecule has 0 heterocycles. The molecule has 108 valence electrons. The highest BCUT2D eigenvalue weighted by Crippen LogP contribution is 2.26. The summed E-state index contributed by atoms with van der Waals surface area (Å²) in [4.78, 5) is 1.01. The maximum absolute atomic E-state index is 13.7. The lowest BCUT2D eigenvalue weighted by molar-refractivity contribution is -0.119. The molecule has 2 nitrogen and oxygen atoms in total. The molecular weight excluding hydrogens is 260 g/mol. The second-order valence-electron chi connectivity index (χ2n) is 4.74. The molecule has 0 bridgehead atoms. The van der Waals surface area contributed by atoms with Gasteiger partial charge in [0.05, 0.1) is 0 Å². The molecule has 1 rings (SSSR count). The number of hydrogen-bond acceptors (Lipinski definition) is 2. The van der Waals surface area contributed by atoms with E-state index >= 15 is 0 Å². The lowest BCUT2D eigenvalue weighted by Crippen LogP contribution is -2.32. The Kier molecular flexibility index (Phi) is 5.17. The van der Waals surface area contributed by atoms with Gasteiger partial charge in [0.1, 0.15) is 12.4 Å². The van der Waals surface area contributed by atoms with E-state index in [4.69, 9.17) is 0 Å². The van der Waals surface area contributed by atoms with E-state index in [1.807, 2.05) is 13.8 Å². The van der Waals surface area contributed by atoms with Crippen LogP contribution in [0.2, 0.25) is 0 Å². The fourth-order valence-electron chi connectivity index (χ4n) is 1.74. The molecule has 1 N–H and O–H groups in total. The van der Waals surface area contributed by atoms with Crippen LogP contribution >= 0.6 is 0 Å². The molecule has 0 saturated heterocycles. The number of nitrogens with zero attached hydrogens (tertiary/aromatic N) is 1. The number of alkyl halides is 3. The monoisotopic (exact) mass is 278 g/mol. The summed E-state index contributed by atoms with van der Waals surface area (Å²) in [6.45, 7) is 2.87. The van der Waals surface area contributed by atoms with Crippen LogP contribution in [0, 0.1) is 5.82 Å². The van der Waals surface area contributed by atoms with Crippen molar-refractivity contribution in [2.24, 2.45) is 0 Å². The van der Waals surface area contributed by atoms with E-state index in [9.17, 15) is 17.6 Å². The first-order valence-corrected chi connectivity index (χ1v) is 5.99. The van der Waals surface area contributed by atoms with Crippen molar-refractivity contribution >= 4 is 5.69 Å². The lowest BCUT2D eigenvalue weighted by Gasteiger charge is -2.24. The molecule has 0 fully saturated rings. The van der Waals surface area contributed by atoms with E-state index in [2.05, 4.69) is 5.32 Å². The van der Waals surface area contributed by atoms with E-state index in [1.165, 1.54) is 25.2 Å². The van der Waals surface area contributed by atoms with Crippen molar-refractivity contribution < 1.29 is 17.6 Å². The van der Waals surface area contributed by atoms with Crippen molar-refractivity contribution in [3.8, 4) is 0 Å². The molecule has 19 heavy (non-hydrogen) atoms. The van der Waals surface area contributed by atoms with Gasteiger partial charge in [0, 0.05) is 30.9 Å². The van der Waals surface area contributed by atoms with E-state index < -0.39 is 18.5 Å². The van der Waals surface area contributed by atoms with Crippen molar-refractivity contribution in [1.82, 2.24) is 5.32 Å². The molecule has 0 unspecified atom stereocenters. The predicted molar refractivity (Wildman–Crippen MR) is 67.7 cm³/mol. The fourth-order valence-corrected chi connectivity index (χ4v) is 1.74. The first kappa shape index (κ1) is 15.8. The summed E-state index contributed by atoms with van der Waals surface area (Å²) in [7, 11) is 1.31. The first-order chi connectivity index (χ1) is 8.70. The van der Waals surface area contributed by atoms with Gasteiger partial charge in [0.2, 0.25) is 0 Å². The van der Waals surface area contributed by atoms with Crippen molar-refractivity contribution in [3.05, 3.63) is 29.6 Å². The third-order valence-electron chi connectivity index (χ3n) is 2.61. The number of hydrogen-bond donors (Lipinski definition) is 1. The third kappa shape index (κ3) is 5.06. The van der Waals surface area contributed by atoms with Crippen LogP contribution in [0.5, 0.6) is 0 Å². The van der Waals surface area contributed by atoms with Crippen LogP contribution in [0.3, 0.4) is 0 Å². The zero-order chi connectivity index (χ0) is 14.6. The molecule has 6 heteroatoms. The minimum Gasteiger partial charge on any atom is -0.365 e. The van der Waals surface area contributed by atoms with Crippen LogP contribution in [-0.4, -0.2) is 25.8 Å². The van der Waals surface area contributed by atoms with Crippen LogP contribution in [0.4, 0.5) is 23.2 Å². The molecule has 0 saturated carbocycles. The zero-order valence-corrected chi connectivity index (χ0v) is 11.2. The van der Waals surface area contributed by atoms with Gasteiger partial charge in [-0.25, -0.2) is 4.39 Å². The number of nitrogens with one attached hydrogen (secondary N) is 1. The van der Waals surface area contributed by atoms with Crippen LogP contribution < -0.4 is 10.2 Å². The number of halogens is 4. The van der Waals surface area contributed by atoms with Crippen LogP contribution in [0.15, 0.2) is 18.2 Å². The quantitative estimate of drug-likeness (QED) is 0.831. The maximum atomic E-state index is 13.7. The Balaban J connectivity index is 2.96. The molecule has 1 aromatic carbocycles. The van der Waals surface area contributed by atoms with E-state index in [0.717, 1.165) is 4.90 Å². The van der Waals surface area contributed by atoms with Crippen molar-refractivity contribution in [2.45, 2.75) is 32.6 Å². The second-order valence-corrected chi connectivity index (χ2v) is 4.74. The number of benzene rings is 1. The third-order valence-corrected chi connectivity index (χ3v) is 2.61. The van der Waals surface area contributed by atoms with Gasteiger partial charge in [-0.05, 0) is 12.1 Å². The SMILES string of the molecule is CC(C)NCc1c(F)cccc1N(C)CC(F)(F)F. The summed E-state index contributed by atoms with van der Waals surface area (Å²) >= 11 is 0. The van der Waals surface area contributed by atoms with Gasteiger partial charge in [-0.15, -0.1) is 0 Å². The van der Waals surface area contributed by atoms with Crippen molar-refractivity contribution in [1.29, 1.82) is 0 Å². The average molecular weight is 278 g/mol. The smallest absolute Gasteiger partial charge is 0.365 e. The van der Waals surface area contributed by atoms with Gasteiger partial charge in [-0.3, -0.25) is 0 Å². The molecular formula is C13H18F4N2. The van der Waals surface area contributed by atoms with Gasteiger partial charge in [0.25, 0.3) is 0 Å². The van der Waals surface area contributed by atoms with Gasteiger partial charge in [0.15, 0.2) is 0 Å². The highest BCUT2D eigenvalue weighted by Gasteiger charge is 2.30. The molecule has 0 aliphatic carbocycles. The summed E-state index contributed by atoms with van der Waals surface area (Å²) in [6, 6.07) is 4.28. The molecule has 0 aliphatic rings. The van der Waals surface area contributed by atoms with Gasteiger partial charge < -0.3 is 10.2 Å². The molecule has 1 aromatic rings. The Morgan fingerprint density at radius 1 is 1.26 bits per heavy atom. The van der Waals surface area contributed by atoms with Crippen molar-refractivity contribution in [2.75, 3.05) is 18.5 Å². The molecule has 0 aliphatic heterocycles. The van der Waals surface area contributed by atoms with Gasteiger partial charge in [-0.2, -0.15) is 13.2 Å². The Hall–Kier alpha value is -1.30. The topological polar surface area (TPSA) is 15.3 Å². The summed E-state index contributed by atoms with van der Waals surface area (Å²) < 4.78 is 50.9. The fraction of sp³-hybridized carbons (Fsp3) is 0.538. The lowest BCUT2D eigenvalue weighted by atomic mass is 10.1. The van der Waals surface area contributed by atoms with Crippen LogP contribution in [0.1, 0.15) is 19.4 Å². The Morgan fingerprint density at radius 3 is 2.42 bits per heavy atom. The van der Waals surface area contributed by atoms with Crippen molar-refractivity contribution in [3.63, 3.8) is 0 Å². The summed E-state index contributed by atoms with van der Waals surface area (Å²) in [5.74, 6) is -0.500. The maximum Gasteiger partial charge on any atom is 0.405 e. The summed E-state index contributed by atoms with van der Waals surface area (Å²) in [6.07, 6.45) is -4.32. The zero-order valence-electron chi connectivity index (χ0n) is 11.2. The molecule has 0 atom stereocenters. The molecule has 0 spiro atoms. The first-order valence-electron chi connectivity index (χ1n) is 5.99. The Labute approximate surface area is 110 Å². The van der Waals surface area contributed by atoms with Crippen LogP contribution in [-0.2, 0) is 6.54 Å². The van der Waals surface area contributed by atoms with E-state index in [-0.39, 0.29) is 23.8 Å². The second kappa shape index (κ2) is 6.23. The predicted octanol–water partition coefficient (Wildman–Crippen LogP) is 3.32. The Bertz CT molecular complexity index is 416. The number of rotatable bonds is 5. The highest BCUT2D eigenvalue weighted by atomic mass is 19.4.